The summed E-state index contributed by atoms with van der Waals surface area (Å²) in [5.74, 6) is 2.77. The molecule has 0 unspecified atom stereocenters. The first kappa shape index (κ1) is 36.8. The van der Waals surface area contributed by atoms with Gasteiger partial charge in [-0.1, -0.05) is 182 Å². The first-order chi connectivity index (χ1) is 31.2. The van der Waals surface area contributed by atoms with Crippen LogP contribution in [0.3, 0.4) is 0 Å². The second kappa shape index (κ2) is 15.4. The SMILES string of the molecule is c1ccc(-c2nc(Cc3cc(-c4c(-c5ccccc5)cccc4-c4ccccc4)cnc3-n3c4ccccc4c4c5sc6ccccc6c5ccc43)nc(-c3ccccc3)n2)cc1. The zero-order valence-corrected chi connectivity index (χ0v) is 34.9. The maximum atomic E-state index is 5.54. The molecule has 0 fully saturated rings. The Morgan fingerprint density at radius 3 is 1.62 bits per heavy atom. The highest BCUT2D eigenvalue weighted by Gasteiger charge is 2.23. The minimum Gasteiger partial charge on any atom is -0.293 e. The lowest BCUT2D eigenvalue weighted by atomic mass is 9.87. The summed E-state index contributed by atoms with van der Waals surface area (Å²) in [4.78, 5) is 21.0. The Balaban J connectivity index is 1.14. The van der Waals surface area contributed by atoms with E-state index < -0.39 is 0 Å². The molecule has 296 valence electrons. The summed E-state index contributed by atoms with van der Waals surface area (Å²) in [6.45, 7) is 0. The molecule has 0 aliphatic carbocycles. The topological polar surface area (TPSA) is 56.5 Å². The van der Waals surface area contributed by atoms with Crippen LogP contribution in [0.4, 0.5) is 0 Å². The van der Waals surface area contributed by atoms with Crippen LogP contribution in [0.1, 0.15) is 11.4 Å². The van der Waals surface area contributed by atoms with Gasteiger partial charge in [0.1, 0.15) is 11.6 Å². The number of nitrogens with zero attached hydrogens (tertiary/aromatic N) is 5. The molecule has 0 saturated heterocycles. The summed E-state index contributed by atoms with van der Waals surface area (Å²) >= 11 is 1.86. The largest absolute Gasteiger partial charge is 0.293 e. The van der Waals surface area contributed by atoms with Crippen molar-refractivity contribution >= 4 is 53.3 Å². The van der Waals surface area contributed by atoms with E-state index in [0.717, 1.165) is 66.9 Å². The van der Waals surface area contributed by atoms with Crippen molar-refractivity contribution < 1.29 is 0 Å². The molecule has 0 spiro atoms. The summed E-state index contributed by atoms with van der Waals surface area (Å²) in [5.41, 5.74) is 11.8. The van der Waals surface area contributed by atoms with Crippen LogP contribution in [-0.2, 0) is 6.42 Å². The summed E-state index contributed by atoms with van der Waals surface area (Å²) in [7, 11) is 0. The van der Waals surface area contributed by atoms with Gasteiger partial charge in [-0.15, -0.1) is 11.3 Å². The molecule has 12 rings (SSSR count). The highest BCUT2D eigenvalue weighted by molar-refractivity contribution is 7.26. The lowest BCUT2D eigenvalue weighted by Crippen LogP contribution is -2.08. The number of fused-ring (bicyclic) bond motifs is 7. The van der Waals surface area contributed by atoms with E-state index in [4.69, 9.17) is 19.9 Å². The van der Waals surface area contributed by atoms with Crippen molar-refractivity contribution in [2.75, 3.05) is 0 Å². The number of para-hydroxylation sites is 1. The highest BCUT2D eigenvalue weighted by Crippen LogP contribution is 2.45. The van der Waals surface area contributed by atoms with Crippen LogP contribution in [0.5, 0.6) is 0 Å². The van der Waals surface area contributed by atoms with Crippen molar-refractivity contribution in [1.29, 1.82) is 0 Å². The predicted molar refractivity (Wildman–Crippen MR) is 261 cm³/mol. The van der Waals surface area contributed by atoms with Crippen LogP contribution >= 0.6 is 11.3 Å². The maximum Gasteiger partial charge on any atom is 0.163 e. The first-order valence-electron chi connectivity index (χ1n) is 21.2. The molecule has 0 aliphatic heterocycles. The van der Waals surface area contributed by atoms with Crippen molar-refractivity contribution in [3.63, 3.8) is 0 Å². The third-order valence-corrected chi connectivity index (χ3v) is 13.2. The van der Waals surface area contributed by atoms with Crippen LogP contribution in [0.25, 0.3) is 104 Å². The fourth-order valence-electron chi connectivity index (χ4n) is 9.12. The predicted octanol–water partition coefficient (Wildman–Crippen LogP) is 14.7. The van der Waals surface area contributed by atoms with E-state index in [0.29, 0.717) is 23.9 Å². The van der Waals surface area contributed by atoms with Crippen LogP contribution in [0.15, 0.2) is 212 Å². The summed E-state index contributed by atoms with van der Waals surface area (Å²) in [6, 6.07) is 72.6. The van der Waals surface area contributed by atoms with E-state index in [9.17, 15) is 0 Å². The van der Waals surface area contributed by atoms with E-state index in [1.807, 2.05) is 47.7 Å². The van der Waals surface area contributed by atoms with Gasteiger partial charge in [0.2, 0.25) is 0 Å². The standard InChI is InChI=1S/C57H37N5S/c1-5-18-37(19-6-1)43-28-17-29-44(38-20-7-2-8-21-38)52(43)42-34-41(35-51-59-55(39-22-9-3-10-23-39)61-56(60-51)40-24-11-4-12-25-40)57(58-36-42)62-48-30-15-13-27-47(48)53-49(62)33-32-46-45-26-14-16-31-50(45)63-54(46)53/h1-34,36H,35H2. The Kier molecular flexibility index (Phi) is 9.01. The Labute approximate surface area is 368 Å². The van der Waals surface area contributed by atoms with Crippen molar-refractivity contribution in [1.82, 2.24) is 24.5 Å². The number of benzene rings is 8. The lowest BCUT2D eigenvalue weighted by molar-refractivity contribution is 0.914. The number of rotatable bonds is 8. The van der Waals surface area contributed by atoms with Crippen molar-refractivity contribution in [2.24, 2.45) is 0 Å². The Morgan fingerprint density at radius 1 is 0.429 bits per heavy atom. The molecule has 5 nitrogen and oxygen atoms in total. The van der Waals surface area contributed by atoms with Gasteiger partial charge in [-0.3, -0.25) is 4.57 Å². The summed E-state index contributed by atoms with van der Waals surface area (Å²) in [5, 5.41) is 4.98. The molecule has 6 heteroatoms. The lowest BCUT2D eigenvalue weighted by Gasteiger charge is -2.19. The van der Waals surface area contributed by atoms with E-state index >= 15 is 0 Å². The maximum absolute atomic E-state index is 5.54. The molecule has 0 saturated carbocycles. The van der Waals surface area contributed by atoms with Gasteiger partial charge in [0.05, 0.1) is 11.0 Å². The average Bonchev–Trinajstić information content (AvgIpc) is 3.91. The Bertz CT molecular complexity index is 3520. The van der Waals surface area contributed by atoms with Gasteiger partial charge in [0.15, 0.2) is 11.6 Å². The molecule has 0 aliphatic rings. The van der Waals surface area contributed by atoms with Crippen LogP contribution in [0.2, 0.25) is 0 Å². The fraction of sp³-hybridized carbons (Fsp3) is 0.0175. The number of hydrogen-bond donors (Lipinski definition) is 0. The number of hydrogen-bond acceptors (Lipinski definition) is 5. The van der Waals surface area contributed by atoms with E-state index in [-0.39, 0.29) is 0 Å². The minimum absolute atomic E-state index is 0.408. The molecule has 4 aromatic heterocycles. The molecule has 0 N–H and O–H groups in total. The van der Waals surface area contributed by atoms with Crippen LogP contribution in [0, 0.1) is 0 Å². The molecule has 4 heterocycles. The number of pyridine rings is 1. The highest BCUT2D eigenvalue weighted by atomic mass is 32.1. The number of thiophene rings is 1. The summed E-state index contributed by atoms with van der Waals surface area (Å²) < 4.78 is 4.92. The molecule has 0 atom stereocenters. The van der Waals surface area contributed by atoms with Crippen LogP contribution in [-0.4, -0.2) is 24.5 Å². The van der Waals surface area contributed by atoms with Crippen molar-refractivity contribution in [2.45, 2.75) is 6.42 Å². The molecule has 8 aromatic carbocycles. The smallest absolute Gasteiger partial charge is 0.163 e. The molecule has 63 heavy (non-hydrogen) atoms. The molecule has 12 aromatic rings. The number of aromatic nitrogens is 5. The second-order valence-electron chi connectivity index (χ2n) is 15.8. The molecule has 0 amide bonds. The Hall–Kier alpha value is -8.06. The fourth-order valence-corrected chi connectivity index (χ4v) is 10.4. The first-order valence-corrected chi connectivity index (χ1v) is 22.0. The zero-order valence-electron chi connectivity index (χ0n) is 34.1. The van der Waals surface area contributed by atoms with Gasteiger partial charge in [0, 0.05) is 65.8 Å². The minimum atomic E-state index is 0.408. The molecule has 0 bridgehead atoms. The normalized spacial score (nSPS) is 11.6. The molecule has 0 radical (unpaired) electrons. The average molecular weight is 824 g/mol. The van der Waals surface area contributed by atoms with Gasteiger partial charge in [-0.05, 0) is 52.1 Å². The Morgan fingerprint density at radius 2 is 0.984 bits per heavy atom. The van der Waals surface area contributed by atoms with Gasteiger partial charge in [-0.25, -0.2) is 19.9 Å². The van der Waals surface area contributed by atoms with Crippen molar-refractivity contribution in [3.05, 3.63) is 224 Å². The van der Waals surface area contributed by atoms with E-state index in [1.165, 1.54) is 30.9 Å². The zero-order chi connectivity index (χ0) is 41.7. The second-order valence-corrected chi connectivity index (χ2v) is 16.8. The molecular formula is C57H37N5S. The van der Waals surface area contributed by atoms with E-state index in [2.05, 4.69) is 181 Å². The van der Waals surface area contributed by atoms with Crippen molar-refractivity contribution in [3.8, 4) is 62.0 Å². The third-order valence-electron chi connectivity index (χ3n) is 12.0. The molecular weight excluding hydrogens is 787 g/mol. The van der Waals surface area contributed by atoms with Gasteiger partial charge in [0.25, 0.3) is 0 Å². The van der Waals surface area contributed by atoms with Crippen LogP contribution < -0.4 is 0 Å². The summed E-state index contributed by atoms with van der Waals surface area (Å²) in [6.07, 6.45) is 2.47. The van der Waals surface area contributed by atoms with Gasteiger partial charge >= 0.3 is 0 Å². The van der Waals surface area contributed by atoms with Gasteiger partial charge in [-0.2, -0.15) is 0 Å². The third kappa shape index (κ3) is 6.47. The van der Waals surface area contributed by atoms with E-state index in [1.54, 1.807) is 0 Å². The quantitative estimate of drug-likeness (QED) is 0.153. The van der Waals surface area contributed by atoms with Gasteiger partial charge < -0.3 is 0 Å². The monoisotopic (exact) mass is 823 g/mol.